The van der Waals surface area contributed by atoms with E-state index in [-0.39, 0.29) is 4.90 Å². The maximum absolute atomic E-state index is 13.0. The van der Waals surface area contributed by atoms with Crippen LogP contribution >= 0.6 is 0 Å². The molecule has 2 heterocycles. The summed E-state index contributed by atoms with van der Waals surface area (Å²) in [6.07, 6.45) is 7.51. The highest BCUT2D eigenvalue weighted by Crippen LogP contribution is 2.46. The van der Waals surface area contributed by atoms with Crippen LogP contribution < -0.4 is 15.2 Å². The van der Waals surface area contributed by atoms with Crippen LogP contribution in [0.4, 0.5) is 10.5 Å². The van der Waals surface area contributed by atoms with Crippen molar-refractivity contribution in [1.82, 2.24) is 9.78 Å². The fourth-order valence-corrected chi connectivity index (χ4v) is 5.12. The highest BCUT2D eigenvalue weighted by atomic mass is 32.2. The molecule has 2 aromatic rings. The monoisotopic (exact) mass is 401 g/mol. The van der Waals surface area contributed by atoms with Crippen molar-refractivity contribution in [1.29, 1.82) is 0 Å². The number of carbonyl (C=O) groups excluding carboxylic acids is 1. The maximum atomic E-state index is 13.0. The SMILES string of the molecule is N[S@@](=O)(=NC(=O)Nc1c(C2CC2)ccc2c1CCC2)c1cnn2c1OCCC2. The molecule has 3 aliphatic rings. The van der Waals surface area contributed by atoms with E-state index in [1.165, 1.54) is 17.3 Å². The Hall–Kier alpha value is -2.39. The summed E-state index contributed by atoms with van der Waals surface area (Å²) < 4.78 is 24.0. The van der Waals surface area contributed by atoms with Crippen molar-refractivity contribution in [3.05, 3.63) is 35.0 Å². The van der Waals surface area contributed by atoms with Crippen molar-refractivity contribution in [3.8, 4) is 5.88 Å². The van der Waals surface area contributed by atoms with E-state index in [9.17, 15) is 9.00 Å². The zero-order chi connectivity index (χ0) is 19.3. The Bertz CT molecular complexity index is 1080. The zero-order valence-corrected chi connectivity index (χ0v) is 16.3. The third-order valence-electron chi connectivity index (χ3n) is 5.61. The van der Waals surface area contributed by atoms with E-state index >= 15 is 0 Å². The van der Waals surface area contributed by atoms with Gasteiger partial charge in [-0.25, -0.2) is 18.8 Å². The van der Waals surface area contributed by atoms with Gasteiger partial charge in [-0.3, -0.25) is 0 Å². The summed E-state index contributed by atoms with van der Waals surface area (Å²) in [4.78, 5) is 12.9. The van der Waals surface area contributed by atoms with E-state index in [1.807, 2.05) is 0 Å². The average molecular weight is 401 g/mol. The normalized spacial score (nSPS) is 19.9. The van der Waals surface area contributed by atoms with Crippen molar-refractivity contribution in [3.63, 3.8) is 0 Å². The topological polar surface area (TPSA) is 112 Å². The van der Waals surface area contributed by atoms with Crippen LogP contribution in [0.1, 0.15) is 48.3 Å². The Kier molecular flexibility index (Phi) is 4.17. The van der Waals surface area contributed by atoms with Gasteiger partial charge >= 0.3 is 6.03 Å². The minimum Gasteiger partial charge on any atom is -0.477 e. The van der Waals surface area contributed by atoms with Gasteiger partial charge in [-0.2, -0.15) is 5.10 Å². The first-order chi connectivity index (χ1) is 13.5. The molecular formula is C19H23N5O3S. The van der Waals surface area contributed by atoms with Crippen molar-refractivity contribution in [2.45, 2.75) is 55.9 Å². The molecule has 0 bridgehead atoms. The van der Waals surface area contributed by atoms with Crippen molar-refractivity contribution < 1.29 is 13.7 Å². The summed E-state index contributed by atoms with van der Waals surface area (Å²) in [5, 5.41) is 13.0. The molecule has 8 nitrogen and oxygen atoms in total. The van der Waals surface area contributed by atoms with Crippen LogP contribution in [-0.2, 0) is 29.3 Å². The molecule has 1 aromatic carbocycles. The number of nitrogens with two attached hydrogens (primary N) is 1. The van der Waals surface area contributed by atoms with Crippen LogP contribution in [0.15, 0.2) is 27.6 Å². The van der Waals surface area contributed by atoms with Crippen molar-refractivity contribution in [2.75, 3.05) is 11.9 Å². The van der Waals surface area contributed by atoms with Gasteiger partial charge in [-0.1, -0.05) is 12.1 Å². The summed E-state index contributed by atoms with van der Waals surface area (Å²) in [7, 11) is -3.45. The highest BCUT2D eigenvalue weighted by molar-refractivity contribution is 7.91. The van der Waals surface area contributed by atoms with Gasteiger partial charge < -0.3 is 10.1 Å². The van der Waals surface area contributed by atoms with Crippen LogP contribution in [0.2, 0.25) is 0 Å². The second kappa shape index (κ2) is 6.59. The fourth-order valence-electron chi connectivity index (χ4n) is 4.11. The Balaban J connectivity index is 1.47. The molecule has 9 heteroatoms. The van der Waals surface area contributed by atoms with Gasteiger partial charge in [0.05, 0.1) is 12.8 Å². The molecule has 1 atom stereocenters. The number of anilines is 1. The predicted molar refractivity (Wildman–Crippen MR) is 105 cm³/mol. The number of aromatic nitrogens is 2. The minimum atomic E-state index is -3.45. The fraction of sp³-hybridized carbons (Fsp3) is 0.474. The smallest absolute Gasteiger partial charge is 0.354 e. The number of urea groups is 1. The molecule has 0 saturated heterocycles. The molecule has 0 radical (unpaired) electrons. The second-order valence-electron chi connectivity index (χ2n) is 7.62. The quantitative estimate of drug-likeness (QED) is 0.823. The van der Waals surface area contributed by atoms with Crippen LogP contribution in [0.5, 0.6) is 5.88 Å². The van der Waals surface area contributed by atoms with Crippen LogP contribution in [0.3, 0.4) is 0 Å². The first kappa shape index (κ1) is 17.7. The number of benzene rings is 1. The van der Waals surface area contributed by atoms with Gasteiger partial charge in [0, 0.05) is 18.7 Å². The van der Waals surface area contributed by atoms with E-state index in [4.69, 9.17) is 9.88 Å². The highest BCUT2D eigenvalue weighted by Gasteiger charge is 2.30. The molecule has 1 fully saturated rings. The molecule has 0 spiro atoms. The molecule has 148 valence electrons. The second-order valence-corrected chi connectivity index (χ2v) is 9.38. The number of nitrogens with zero attached hydrogens (tertiary/aromatic N) is 3. The van der Waals surface area contributed by atoms with E-state index in [0.29, 0.717) is 24.9 Å². The molecule has 1 aliphatic heterocycles. The molecule has 2 amide bonds. The molecule has 0 unspecified atom stereocenters. The lowest BCUT2D eigenvalue weighted by Gasteiger charge is -2.16. The largest absolute Gasteiger partial charge is 0.477 e. The van der Waals surface area contributed by atoms with Crippen molar-refractivity contribution in [2.24, 2.45) is 9.50 Å². The van der Waals surface area contributed by atoms with E-state index in [2.05, 4.69) is 26.9 Å². The first-order valence-corrected chi connectivity index (χ1v) is 11.3. The number of amides is 2. The molecular weight excluding hydrogens is 378 g/mol. The number of ether oxygens (including phenoxy) is 1. The average Bonchev–Trinajstić information content (AvgIpc) is 3.22. The Morgan fingerprint density at radius 2 is 2.18 bits per heavy atom. The van der Waals surface area contributed by atoms with Gasteiger partial charge in [-0.15, -0.1) is 4.36 Å². The lowest BCUT2D eigenvalue weighted by Crippen LogP contribution is -2.21. The first-order valence-electron chi connectivity index (χ1n) is 9.72. The number of fused-ring (bicyclic) bond motifs is 2. The van der Waals surface area contributed by atoms with Gasteiger partial charge in [0.15, 0.2) is 9.92 Å². The molecule has 28 heavy (non-hydrogen) atoms. The van der Waals surface area contributed by atoms with Crippen molar-refractivity contribution >= 4 is 21.6 Å². The zero-order valence-electron chi connectivity index (χ0n) is 15.5. The summed E-state index contributed by atoms with van der Waals surface area (Å²) >= 11 is 0. The summed E-state index contributed by atoms with van der Waals surface area (Å²) in [6, 6.07) is 3.59. The number of rotatable bonds is 3. The van der Waals surface area contributed by atoms with Gasteiger partial charge in [0.2, 0.25) is 5.88 Å². The Labute approximate surface area is 163 Å². The van der Waals surface area contributed by atoms with E-state index in [0.717, 1.165) is 49.8 Å². The molecule has 2 aliphatic carbocycles. The summed E-state index contributed by atoms with van der Waals surface area (Å²) in [6.45, 7) is 1.17. The lowest BCUT2D eigenvalue weighted by atomic mass is 10.00. The Morgan fingerprint density at radius 1 is 1.32 bits per heavy atom. The molecule has 1 saturated carbocycles. The van der Waals surface area contributed by atoms with Crippen LogP contribution in [-0.4, -0.2) is 26.6 Å². The van der Waals surface area contributed by atoms with Gasteiger partial charge in [0.25, 0.3) is 0 Å². The van der Waals surface area contributed by atoms with Crippen LogP contribution in [0, 0.1) is 0 Å². The van der Waals surface area contributed by atoms with Crippen LogP contribution in [0.25, 0.3) is 0 Å². The number of hydrogen-bond donors (Lipinski definition) is 2. The third-order valence-corrected chi connectivity index (χ3v) is 6.96. The summed E-state index contributed by atoms with van der Waals surface area (Å²) in [5.41, 5.74) is 4.45. The lowest BCUT2D eigenvalue weighted by molar-refractivity contribution is 0.224. The standard InChI is InChI=1S/C19H23N5O3S/c20-28(26,16-11-21-24-9-2-10-27-18(16)24)23-19(25)22-17-14-4-1-3-12(14)7-8-15(17)13-5-6-13/h7-8,11,13H,1-6,9-10H2,(H3,20,22,23,25,26)/t28-/m1/s1. The molecule has 3 N–H and O–H groups in total. The number of nitrogens with one attached hydrogen (secondary N) is 1. The van der Waals surface area contributed by atoms with Gasteiger partial charge in [0.1, 0.15) is 4.90 Å². The van der Waals surface area contributed by atoms with E-state index < -0.39 is 15.9 Å². The third kappa shape index (κ3) is 3.08. The van der Waals surface area contributed by atoms with Gasteiger partial charge in [-0.05, 0) is 54.7 Å². The number of carbonyl (C=O) groups is 1. The number of hydrogen-bond acceptors (Lipinski definition) is 4. The predicted octanol–water partition coefficient (Wildman–Crippen LogP) is 2.96. The molecule has 1 aromatic heterocycles. The Morgan fingerprint density at radius 3 is 3.00 bits per heavy atom. The summed E-state index contributed by atoms with van der Waals surface area (Å²) in [5.74, 6) is 0.828. The maximum Gasteiger partial charge on any atom is 0.354 e. The minimum absolute atomic E-state index is 0.169. The molecule has 5 rings (SSSR count). The van der Waals surface area contributed by atoms with E-state index in [1.54, 1.807) is 4.68 Å². The number of aryl methyl sites for hydroxylation is 2.